The lowest BCUT2D eigenvalue weighted by Crippen LogP contribution is -2.56. The van der Waals surface area contributed by atoms with E-state index in [4.69, 9.17) is 4.42 Å². The average Bonchev–Trinajstić information content (AvgIpc) is 3.76. The Morgan fingerprint density at radius 2 is 1.13 bits per heavy atom. The molecule has 0 saturated carbocycles. The number of anilines is 3. The summed E-state index contributed by atoms with van der Waals surface area (Å²) in [4.78, 5) is 2.61. The molecule has 10 rings (SSSR count). The lowest BCUT2D eigenvalue weighted by atomic mass is 9.45. The topological polar surface area (TPSA) is 21.3 Å². The van der Waals surface area contributed by atoms with Gasteiger partial charge in [-0.15, -0.1) is 0 Å². The van der Waals surface area contributed by atoms with Gasteiger partial charge in [-0.2, -0.15) is 0 Å². The molecule has 3 nitrogen and oxygen atoms in total. The van der Waals surface area contributed by atoms with Gasteiger partial charge in [-0.05, 0) is 152 Å². The molecular weight excluding hydrogens is 739 g/mol. The van der Waals surface area contributed by atoms with E-state index in [0.29, 0.717) is 0 Å². The number of rotatable bonds is 2. The van der Waals surface area contributed by atoms with Crippen molar-refractivity contribution in [1.29, 1.82) is 0 Å². The lowest BCUT2D eigenvalue weighted by Gasteiger charge is -2.41. The molecular formula is C57H61BN2O. The first kappa shape index (κ1) is 39.6. The van der Waals surface area contributed by atoms with E-state index in [9.17, 15) is 0 Å². The molecule has 6 aromatic carbocycles. The first-order chi connectivity index (χ1) is 28.5. The van der Waals surface area contributed by atoms with Crippen LogP contribution in [-0.4, -0.2) is 11.3 Å². The number of hydrogen-bond acceptors (Lipinski definition) is 2. The zero-order chi connectivity index (χ0) is 43.5. The molecule has 0 aliphatic carbocycles. The van der Waals surface area contributed by atoms with Gasteiger partial charge in [0.15, 0.2) is 0 Å². The summed E-state index contributed by atoms with van der Waals surface area (Å²) in [6.07, 6.45) is 1.89. The Morgan fingerprint density at radius 1 is 0.525 bits per heavy atom. The SMILES string of the molecule is Cc1cc(C)c(-c2ccc3c(c2)N(c2cc(C(C)(C)C)cc(C(C)(C)C)c2)c2cc4ccoc4c4c2B3n2c3ccc(C(C)(C)C)cc3c3cc(C(C)(C)C)cc-4c32)c(C)c1. The van der Waals surface area contributed by atoms with Crippen molar-refractivity contribution in [2.24, 2.45) is 0 Å². The van der Waals surface area contributed by atoms with Crippen molar-refractivity contribution >= 4 is 67.6 Å². The van der Waals surface area contributed by atoms with Crippen LogP contribution in [0.4, 0.5) is 17.1 Å². The van der Waals surface area contributed by atoms with Gasteiger partial charge < -0.3 is 13.8 Å². The van der Waals surface area contributed by atoms with E-state index in [1.807, 2.05) is 6.26 Å². The summed E-state index contributed by atoms with van der Waals surface area (Å²) in [5.74, 6) is 0. The molecule has 0 unspecified atom stereocenters. The Morgan fingerprint density at radius 3 is 1.75 bits per heavy atom. The number of fused-ring (bicyclic) bond motifs is 9. The highest BCUT2D eigenvalue weighted by molar-refractivity contribution is 6.90. The molecule has 0 N–H and O–H groups in total. The zero-order valence-corrected chi connectivity index (χ0v) is 39.1. The summed E-state index contributed by atoms with van der Waals surface area (Å²) in [7, 11) is 0. The first-order valence-corrected chi connectivity index (χ1v) is 22.4. The highest BCUT2D eigenvalue weighted by Gasteiger charge is 2.45. The Kier molecular flexibility index (Phi) is 8.31. The number of aromatic nitrogens is 1. The highest BCUT2D eigenvalue weighted by atomic mass is 16.3. The van der Waals surface area contributed by atoms with Crippen molar-refractivity contribution in [3.05, 3.63) is 136 Å². The fourth-order valence-electron chi connectivity index (χ4n) is 10.6. The van der Waals surface area contributed by atoms with Crippen LogP contribution in [-0.2, 0) is 21.7 Å². The van der Waals surface area contributed by atoms with E-state index in [-0.39, 0.29) is 28.5 Å². The minimum atomic E-state index is -0.0821. The van der Waals surface area contributed by atoms with Crippen molar-refractivity contribution < 1.29 is 4.42 Å². The molecule has 61 heavy (non-hydrogen) atoms. The van der Waals surface area contributed by atoms with Crippen LogP contribution in [0.25, 0.3) is 55.0 Å². The van der Waals surface area contributed by atoms with Crippen molar-refractivity contribution in [2.45, 2.75) is 126 Å². The zero-order valence-electron chi connectivity index (χ0n) is 39.1. The molecule has 0 atom stereocenters. The highest BCUT2D eigenvalue weighted by Crippen LogP contribution is 2.51. The van der Waals surface area contributed by atoms with Crippen molar-refractivity contribution in [2.75, 3.05) is 4.90 Å². The molecule has 0 radical (unpaired) electrons. The van der Waals surface area contributed by atoms with E-state index < -0.39 is 0 Å². The predicted octanol–water partition coefficient (Wildman–Crippen LogP) is 14.7. The smallest absolute Gasteiger partial charge is 0.333 e. The van der Waals surface area contributed by atoms with Crippen LogP contribution in [0.5, 0.6) is 0 Å². The van der Waals surface area contributed by atoms with Gasteiger partial charge in [-0.1, -0.05) is 125 Å². The number of nitrogens with zero attached hydrogens (tertiary/aromatic N) is 2. The first-order valence-electron chi connectivity index (χ1n) is 22.4. The van der Waals surface area contributed by atoms with Crippen molar-refractivity contribution in [3.63, 3.8) is 0 Å². The maximum Gasteiger partial charge on any atom is 0.333 e. The Balaban J connectivity index is 1.40. The summed E-state index contributed by atoms with van der Waals surface area (Å²) in [6, 6.07) is 36.2. The largest absolute Gasteiger partial charge is 0.464 e. The molecule has 2 aromatic heterocycles. The van der Waals surface area contributed by atoms with E-state index in [1.54, 1.807) is 0 Å². The van der Waals surface area contributed by atoms with Crippen molar-refractivity contribution in [1.82, 2.24) is 4.48 Å². The van der Waals surface area contributed by atoms with Gasteiger partial charge in [0.25, 0.3) is 0 Å². The second kappa shape index (κ2) is 12.8. The summed E-state index contributed by atoms with van der Waals surface area (Å²) in [5.41, 5.74) is 23.9. The van der Waals surface area contributed by atoms with Gasteiger partial charge in [-0.25, -0.2) is 0 Å². The van der Waals surface area contributed by atoms with Crippen LogP contribution in [0.3, 0.4) is 0 Å². The summed E-state index contributed by atoms with van der Waals surface area (Å²) < 4.78 is 9.34. The fraction of sp³-hybridized carbons (Fsp3) is 0.333. The van der Waals surface area contributed by atoms with Crippen LogP contribution in [0.1, 0.15) is 122 Å². The average molecular weight is 801 g/mol. The molecule has 4 heteroatoms. The predicted molar refractivity (Wildman–Crippen MR) is 264 cm³/mol. The molecule has 0 saturated heterocycles. The Bertz CT molecular complexity index is 3110. The maximum absolute atomic E-state index is 6.64. The van der Waals surface area contributed by atoms with E-state index in [0.717, 1.165) is 11.0 Å². The molecule has 0 bridgehead atoms. The van der Waals surface area contributed by atoms with Gasteiger partial charge in [0.05, 0.1) is 6.26 Å². The molecule has 308 valence electrons. The number of benzene rings is 6. The lowest BCUT2D eigenvalue weighted by molar-refractivity contribution is 0.569. The van der Waals surface area contributed by atoms with Crippen LogP contribution in [0.15, 0.2) is 102 Å². The van der Waals surface area contributed by atoms with Gasteiger partial charge in [0.1, 0.15) is 5.58 Å². The summed E-state index contributed by atoms with van der Waals surface area (Å²) >= 11 is 0. The third kappa shape index (κ3) is 5.99. The quantitative estimate of drug-likeness (QED) is 0.162. The van der Waals surface area contributed by atoms with Gasteiger partial charge in [-0.3, -0.25) is 0 Å². The number of furan rings is 1. The molecule has 2 aliphatic heterocycles. The van der Waals surface area contributed by atoms with Crippen LogP contribution in [0.2, 0.25) is 0 Å². The second-order valence-corrected chi connectivity index (χ2v) is 22.6. The monoisotopic (exact) mass is 800 g/mol. The van der Waals surface area contributed by atoms with Crippen molar-refractivity contribution in [3.8, 4) is 22.3 Å². The van der Waals surface area contributed by atoms with Crippen LogP contribution in [0, 0.1) is 20.8 Å². The summed E-state index contributed by atoms with van der Waals surface area (Å²) in [5, 5.41) is 3.76. The number of hydrogen-bond donors (Lipinski definition) is 0. The molecule has 4 heterocycles. The maximum atomic E-state index is 6.64. The molecule has 0 fully saturated rings. The van der Waals surface area contributed by atoms with Gasteiger partial charge in [0, 0.05) is 55.4 Å². The van der Waals surface area contributed by atoms with Crippen LogP contribution < -0.4 is 15.8 Å². The third-order valence-corrected chi connectivity index (χ3v) is 13.9. The minimum absolute atomic E-state index is 0.0117. The summed E-state index contributed by atoms with van der Waals surface area (Å²) in [6.45, 7) is 34.7. The molecule has 0 spiro atoms. The Hall–Kier alpha value is -5.48. The molecule has 2 aliphatic rings. The third-order valence-electron chi connectivity index (χ3n) is 13.9. The van der Waals surface area contributed by atoms with E-state index in [1.165, 1.54) is 111 Å². The molecule has 0 amide bonds. The van der Waals surface area contributed by atoms with Gasteiger partial charge in [0.2, 0.25) is 0 Å². The van der Waals surface area contributed by atoms with E-state index >= 15 is 0 Å². The normalized spacial score (nSPS) is 14.1. The fourth-order valence-corrected chi connectivity index (χ4v) is 10.6. The standard InChI is InChI=1S/C57H61BN2O/c1-32-22-33(2)49(34(3)23-32)35-16-18-45-47(24-35)59(41-27-38(55(7,8)9)26-39(28-41)56(10,11)12)48-25-36-20-21-61-53(36)50-44-31-40(57(13,14)15)30-43-42-29-37(54(4,5)6)17-19-46(42)60(52(43)44)58(45)51(48)50/h16-31H,1-15H3. The Labute approximate surface area is 363 Å². The van der Waals surface area contributed by atoms with Crippen LogP contribution >= 0.6 is 0 Å². The minimum Gasteiger partial charge on any atom is -0.464 e. The van der Waals surface area contributed by atoms with Gasteiger partial charge >= 0.3 is 6.85 Å². The second-order valence-electron chi connectivity index (χ2n) is 22.6. The molecule has 8 aromatic rings. The van der Waals surface area contributed by atoms with E-state index in [2.05, 4.69) is 204 Å². The number of aryl methyl sites for hydroxylation is 3.